The van der Waals surface area contributed by atoms with Crippen LogP contribution >= 0.6 is 11.8 Å². The van der Waals surface area contributed by atoms with Gasteiger partial charge < -0.3 is 20.1 Å². The molecule has 0 aromatic heterocycles. The average molecular weight is 491 g/mol. The number of benzene rings is 3. The summed E-state index contributed by atoms with van der Waals surface area (Å²) in [7, 11) is 0. The lowest BCUT2D eigenvalue weighted by molar-refractivity contribution is -0.118. The molecule has 2 amide bonds. The molecule has 9 heteroatoms. The molecule has 0 fully saturated rings. The van der Waals surface area contributed by atoms with Crippen molar-refractivity contribution in [1.82, 2.24) is 0 Å². The number of anilines is 2. The molecule has 2 N–H and O–H groups in total. The van der Waals surface area contributed by atoms with Crippen molar-refractivity contribution in [3.63, 3.8) is 0 Å². The molecule has 0 saturated carbocycles. The van der Waals surface area contributed by atoms with E-state index in [1.54, 1.807) is 36.4 Å². The van der Waals surface area contributed by atoms with Crippen molar-refractivity contribution in [3.8, 4) is 5.75 Å². The quantitative estimate of drug-likeness (QED) is 0.278. The van der Waals surface area contributed by atoms with Crippen LogP contribution in [0.1, 0.15) is 26.3 Å². The molecular formula is C26H22N2O6S. The maximum absolute atomic E-state index is 12.7. The second-order valence-corrected chi connectivity index (χ2v) is 8.76. The van der Waals surface area contributed by atoms with Crippen molar-refractivity contribution in [2.75, 3.05) is 29.6 Å². The predicted octanol–water partition coefficient (Wildman–Crippen LogP) is 4.10. The van der Waals surface area contributed by atoms with E-state index in [1.165, 1.54) is 17.8 Å². The Labute approximate surface area is 206 Å². The monoisotopic (exact) mass is 490 g/mol. The standard InChI is InChI=1S/C26H22N2O6S/c1-16-6-9-18(10-7-16)27-25(31)15-35-23-5-3-2-4-19(23)26(32)34-13-21(29)17-8-11-22-20(12-17)28-24(30)14-33-22/h2-12H,13-15H2,1H3,(H,27,31)(H,28,30). The molecule has 0 unspecified atom stereocenters. The molecule has 35 heavy (non-hydrogen) atoms. The fraction of sp³-hybridized carbons (Fsp3) is 0.154. The first-order chi connectivity index (χ1) is 16.9. The fourth-order valence-electron chi connectivity index (χ4n) is 3.29. The van der Waals surface area contributed by atoms with Crippen LogP contribution in [0, 0.1) is 6.92 Å². The largest absolute Gasteiger partial charge is 0.482 e. The number of nitrogens with one attached hydrogen (secondary N) is 2. The van der Waals surface area contributed by atoms with Gasteiger partial charge in [0, 0.05) is 16.1 Å². The van der Waals surface area contributed by atoms with Gasteiger partial charge in [-0.15, -0.1) is 11.8 Å². The molecule has 8 nitrogen and oxygen atoms in total. The third-order valence-electron chi connectivity index (χ3n) is 5.07. The predicted molar refractivity (Wildman–Crippen MR) is 132 cm³/mol. The summed E-state index contributed by atoms with van der Waals surface area (Å²) in [4.78, 5) is 49.6. The van der Waals surface area contributed by atoms with E-state index in [1.807, 2.05) is 31.2 Å². The van der Waals surface area contributed by atoms with Crippen LogP contribution in [-0.4, -0.2) is 42.5 Å². The number of hydrogen-bond acceptors (Lipinski definition) is 7. The lowest BCUT2D eigenvalue weighted by Gasteiger charge is -2.18. The van der Waals surface area contributed by atoms with Crippen LogP contribution in [0.5, 0.6) is 5.75 Å². The number of ether oxygens (including phenoxy) is 2. The van der Waals surface area contributed by atoms with E-state index in [9.17, 15) is 19.2 Å². The lowest BCUT2D eigenvalue weighted by Crippen LogP contribution is -2.25. The summed E-state index contributed by atoms with van der Waals surface area (Å²) in [5.74, 6) is -1.05. The van der Waals surface area contributed by atoms with Crippen molar-refractivity contribution in [3.05, 3.63) is 83.4 Å². The molecule has 0 aliphatic carbocycles. The van der Waals surface area contributed by atoms with E-state index in [2.05, 4.69) is 10.6 Å². The Bertz CT molecular complexity index is 1290. The van der Waals surface area contributed by atoms with Gasteiger partial charge in [-0.05, 0) is 49.4 Å². The van der Waals surface area contributed by atoms with Crippen LogP contribution in [-0.2, 0) is 14.3 Å². The first kappa shape index (κ1) is 24.0. The van der Waals surface area contributed by atoms with Crippen molar-refractivity contribution in [2.24, 2.45) is 0 Å². The molecule has 0 atom stereocenters. The SMILES string of the molecule is Cc1ccc(NC(=O)CSc2ccccc2C(=O)OCC(=O)c2ccc3c(c2)NC(=O)CO3)cc1. The summed E-state index contributed by atoms with van der Waals surface area (Å²) in [6.07, 6.45) is 0. The van der Waals surface area contributed by atoms with E-state index in [-0.39, 0.29) is 35.3 Å². The van der Waals surface area contributed by atoms with Gasteiger partial charge in [-0.2, -0.15) is 0 Å². The summed E-state index contributed by atoms with van der Waals surface area (Å²) in [6, 6.07) is 18.8. The van der Waals surface area contributed by atoms with Gasteiger partial charge in [0.25, 0.3) is 5.91 Å². The van der Waals surface area contributed by atoms with Crippen LogP contribution < -0.4 is 15.4 Å². The Morgan fingerprint density at radius 2 is 1.83 bits per heavy atom. The smallest absolute Gasteiger partial charge is 0.339 e. The van der Waals surface area contributed by atoms with Gasteiger partial charge in [-0.25, -0.2) is 4.79 Å². The van der Waals surface area contributed by atoms with Crippen LogP contribution in [0.15, 0.2) is 71.6 Å². The zero-order chi connectivity index (χ0) is 24.8. The first-order valence-electron chi connectivity index (χ1n) is 10.7. The number of esters is 1. The van der Waals surface area contributed by atoms with E-state index < -0.39 is 18.4 Å². The number of hydrogen-bond donors (Lipinski definition) is 2. The number of ketones is 1. The van der Waals surface area contributed by atoms with Crippen molar-refractivity contribution in [1.29, 1.82) is 0 Å². The third-order valence-corrected chi connectivity index (χ3v) is 6.14. The van der Waals surface area contributed by atoms with E-state index in [0.29, 0.717) is 22.0 Å². The normalized spacial score (nSPS) is 12.1. The van der Waals surface area contributed by atoms with E-state index in [4.69, 9.17) is 9.47 Å². The molecular weight excluding hydrogens is 468 g/mol. The Morgan fingerprint density at radius 1 is 1.06 bits per heavy atom. The maximum atomic E-state index is 12.7. The summed E-state index contributed by atoms with van der Waals surface area (Å²) in [5.41, 5.74) is 2.72. The Kier molecular flexibility index (Phi) is 7.47. The number of carbonyl (C=O) groups excluding carboxylic acids is 4. The molecule has 0 spiro atoms. The van der Waals surface area contributed by atoms with Crippen molar-refractivity contribution >= 4 is 46.7 Å². The minimum Gasteiger partial charge on any atom is -0.482 e. The van der Waals surface area contributed by atoms with Gasteiger partial charge in [0.2, 0.25) is 5.91 Å². The van der Waals surface area contributed by atoms with Gasteiger partial charge in [0.05, 0.1) is 17.0 Å². The molecule has 178 valence electrons. The lowest BCUT2D eigenvalue weighted by atomic mass is 10.1. The van der Waals surface area contributed by atoms with Gasteiger partial charge in [0.15, 0.2) is 19.0 Å². The molecule has 4 rings (SSSR count). The maximum Gasteiger partial charge on any atom is 0.339 e. The molecule has 1 aliphatic rings. The first-order valence-corrected chi connectivity index (χ1v) is 11.7. The van der Waals surface area contributed by atoms with Crippen molar-refractivity contribution in [2.45, 2.75) is 11.8 Å². The number of amides is 2. The Balaban J connectivity index is 1.34. The van der Waals surface area contributed by atoms with E-state index >= 15 is 0 Å². The number of fused-ring (bicyclic) bond motifs is 1. The molecule has 1 heterocycles. The number of Topliss-reactive ketones (excluding diaryl/α,β-unsaturated/α-hetero) is 1. The molecule has 0 radical (unpaired) electrons. The molecule has 3 aromatic carbocycles. The molecule has 0 saturated heterocycles. The summed E-state index contributed by atoms with van der Waals surface area (Å²) in [5, 5.41) is 5.45. The highest BCUT2D eigenvalue weighted by molar-refractivity contribution is 8.00. The van der Waals surface area contributed by atoms with Gasteiger partial charge in [-0.1, -0.05) is 29.8 Å². The number of carbonyl (C=O) groups is 4. The highest BCUT2D eigenvalue weighted by Crippen LogP contribution is 2.29. The topological polar surface area (TPSA) is 111 Å². The van der Waals surface area contributed by atoms with Crippen LogP contribution in [0.3, 0.4) is 0 Å². The summed E-state index contributed by atoms with van der Waals surface area (Å²) < 4.78 is 10.5. The van der Waals surface area contributed by atoms with Gasteiger partial charge in [0.1, 0.15) is 5.75 Å². The summed E-state index contributed by atoms with van der Waals surface area (Å²) >= 11 is 1.20. The molecule has 3 aromatic rings. The highest BCUT2D eigenvalue weighted by atomic mass is 32.2. The van der Waals surface area contributed by atoms with Crippen LogP contribution in [0.25, 0.3) is 0 Å². The zero-order valence-corrected chi connectivity index (χ0v) is 19.6. The minimum atomic E-state index is -0.671. The number of aryl methyl sites for hydroxylation is 1. The second-order valence-electron chi connectivity index (χ2n) is 7.75. The Morgan fingerprint density at radius 3 is 2.63 bits per heavy atom. The van der Waals surface area contributed by atoms with Gasteiger partial charge >= 0.3 is 5.97 Å². The Hall–Kier alpha value is -4.11. The molecule has 0 bridgehead atoms. The van der Waals surface area contributed by atoms with Crippen molar-refractivity contribution < 1.29 is 28.7 Å². The molecule has 1 aliphatic heterocycles. The number of rotatable bonds is 8. The zero-order valence-electron chi connectivity index (χ0n) is 18.8. The second kappa shape index (κ2) is 10.9. The van der Waals surface area contributed by atoms with E-state index in [0.717, 1.165) is 5.56 Å². The summed E-state index contributed by atoms with van der Waals surface area (Å²) in [6.45, 7) is 1.41. The average Bonchev–Trinajstić information content (AvgIpc) is 2.87. The third kappa shape index (κ3) is 6.27. The highest BCUT2D eigenvalue weighted by Gasteiger charge is 2.20. The van der Waals surface area contributed by atoms with Gasteiger partial charge in [-0.3, -0.25) is 14.4 Å². The fourth-order valence-corrected chi connectivity index (χ4v) is 4.13. The number of thioether (sulfide) groups is 1. The van der Waals surface area contributed by atoms with Crippen LogP contribution in [0.2, 0.25) is 0 Å². The minimum absolute atomic E-state index is 0.0804. The van der Waals surface area contributed by atoms with Crippen LogP contribution in [0.4, 0.5) is 11.4 Å².